The topological polar surface area (TPSA) is 68.8 Å². The minimum atomic E-state index is -0.0274. The number of nitrogens with zero attached hydrogens (tertiary/aromatic N) is 2. The van der Waals surface area contributed by atoms with Gasteiger partial charge >= 0.3 is 0 Å². The molecule has 3 N–H and O–H groups in total. The maximum absolute atomic E-state index is 12.1. The van der Waals surface area contributed by atoms with E-state index in [1.165, 1.54) is 24.0 Å². The molecule has 0 bridgehead atoms. The second-order valence-electron chi connectivity index (χ2n) is 7.64. The lowest BCUT2D eigenvalue weighted by Crippen LogP contribution is -2.47. The van der Waals surface area contributed by atoms with Crippen molar-refractivity contribution >= 4 is 11.9 Å². The van der Waals surface area contributed by atoms with Crippen LogP contribution in [0.1, 0.15) is 24.0 Å². The molecule has 0 radical (unpaired) electrons. The lowest BCUT2D eigenvalue weighted by atomic mass is 10.1. The van der Waals surface area contributed by atoms with Gasteiger partial charge in [-0.15, -0.1) is 0 Å². The van der Waals surface area contributed by atoms with E-state index < -0.39 is 0 Å². The van der Waals surface area contributed by atoms with Crippen molar-refractivity contribution in [2.45, 2.75) is 31.8 Å². The number of rotatable bonds is 9. The van der Waals surface area contributed by atoms with Crippen LogP contribution in [-0.4, -0.2) is 56.0 Å². The van der Waals surface area contributed by atoms with E-state index in [-0.39, 0.29) is 12.5 Å². The smallest absolute Gasteiger partial charge is 0.239 e. The number of nitrogens with one attached hydrogen (secondary N) is 3. The fourth-order valence-corrected chi connectivity index (χ4v) is 3.80. The van der Waals surface area contributed by atoms with Crippen LogP contribution in [0.15, 0.2) is 65.7 Å². The fourth-order valence-electron chi connectivity index (χ4n) is 3.80. The predicted octanol–water partition coefficient (Wildman–Crippen LogP) is 2.17. The van der Waals surface area contributed by atoms with Crippen molar-refractivity contribution in [3.8, 4) is 0 Å². The van der Waals surface area contributed by atoms with Crippen LogP contribution in [0, 0.1) is 0 Å². The van der Waals surface area contributed by atoms with Gasteiger partial charge in [0, 0.05) is 32.7 Å². The van der Waals surface area contributed by atoms with E-state index in [9.17, 15) is 4.79 Å². The molecule has 1 saturated heterocycles. The molecule has 0 aromatic heterocycles. The number of amides is 1. The van der Waals surface area contributed by atoms with Crippen LogP contribution >= 0.6 is 0 Å². The van der Waals surface area contributed by atoms with Gasteiger partial charge in [0.25, 0.3) is 0 Å². The van der Waals surface area contributed by atoms with Crippen LogP contribution in [0.3, 0.4) is 0 Å². The Morgan fingerprint density at radius 2 is 1.70 bits per heavy atom. The first kappa shape index (κ1) is 21.8. The van der Waals surface area contributed by atoms with Crippen LogP contribution in [0.4, 0.5) is 0 Å². The average Bonchev–Trinajstić information content (AvgIpc) is 3.22. The Bertz CT molecular complexity index is 794. The van der Waals surface area contributed by atoms with Crippen molar-refractivity contribution in [2.75, 3.05) is 33.2 Å². The Kier molecular flexibility index (Phi) is 8.72. The van der Waals surface area contributed by atoms with Crippen LogP contribution in [-0.2, 0) is 17.8 Å². The zero-order chi connectivity index (χ0) is 21.0. The van der Waals surface area contributed by atoms with Gasteiger partial charge in [-0.25, -0.2) is 0 Å². The molecule has 6 nitrogen and oxygen atoms in total. The van der Waals surface area contributed by atoms with E-state index in [1.54, 1.807) is 7.05 Å². The molecule has 0 aliphatic carbocycles. The van der Waals surface area contributed by atoms with Gasteiger partial charge in [-0.05, 0) is 36.9 Å². The molecule has 160 valence electrons. The molecule has 2 aromatic carbocycles. The molecular weight excluding hydrogens is 374 g/mol. The van der Waals surface area contributed by atoms with Crippen LogP contribution in [0.5, 0.6) is 0 Å². The summed E-state index contributed by atoms with van der Waals surface area (Å²) in [5, 5.41) is 9.45. The molecule has 1 amide bonds. The average molecular weight is 408 g/mol. The molecule has 1 heterocycles. The highest BCUT2D eigenvalue weighted by Crippen LogP contribution is 2.19. The highest BCUT2D eigenvalue weighted by Gasteiger charge is 2.24. The molecule has 1 aliphatic heterocycles. The SMILES string of the molecule is CN=C(NCC(=O)NCCc1ccccc1)NCC1CCCN1Cc1ccccc1. The van der Waals surface area contributed by atoms with Gasteiger partial charge in [0.15, 0.2) is 5.96 Å². The predicted molar refractivity (Wildman–Crippen MR) is 122 cm³/mol. The lowest BCUT2D eigenvalue weighted by molar-refractivity contribution is -0.119. The minimum absolute atomic E-state index is 0.0274. The van der Waals surface area contributed by atoms with Crippen LogP contribution < -0.4 is 16.0 Å². The third kappa shape index (κ3) is 7.19. The van der Waals surface area contributed by atoms with E-state index in [1.807, 2.05) is 18.2 Å². The monoisotopic (exact) mass is 407 g/mol. The second-order valence-corrected chi connectivity index (χ2v) is 7.64. The summed E-state index contributed by atoms with van der Waals surface area (Å²) < 4.78 is 0. The molecule has 1 unspecified atom stereocenters. The van der Waals surface area contributed by atoms with Crippen molar-refractivity contribution in [1.82, 2.24) is 20.9 Å². The Hall–Kier alpha value is -2.86. The fraction of sp³-hybridized carbons (Fsp3) is 0.417. The highest BCUT2D eigenvalue weighted by molar-refractivity contribution is 5.86. The zero-order valence-electron chi connectivity index (χ0n) is 17.8. The van der Waals surface area contributed by atoms with E-state index in [0.717, 1.165) is 26.1 Å². The summed E-state index contributed by atoms with van der Waals surface area (Å²) in [6.07, 6.45) is 3.23. The molecule has 1 atom stereocenters. The molecule has 0 saturated carbocycles. The van der Waals surface area contributed by atoms with Gasteiger partial charge < -0.3 is 16.0 Å². The van der Waals surface area contributed by atoms with Gasteiger partial charge in [-0.2, -0.15) is 0 Å². The third-order valence-electron chi connectivity index (χ3n) is 5.45. The van der Waals surface area contributed by atoms with Crippen molar-refractivity contribution in [3.05, 3.63) is 71.8 Å². The number of carbonyl (C=O) groups is 1. The maximum atomic E-state index is 12.1. The summed E-state index contributed by atoms with van der Waals surface area (Å²) in [5.74, 6) is 0.639. The van der Waals surface area contributed by atoms with E-state index in [0.29, 0.717) is 18.5 Å². The second kappa shape index (κ2) is 12.0. The molecule has 30 heavy (non-hydrogen) atoms. The van der Waals surface area contributed by atoms with Crippen molar-refractivity contribution in [1.29, 1.82) is 0 Å². The number of aliphatic imine (C=N–C) groups is 1. The van der Waals surface area contributed by atoms with Crippen molar-refractivity contribution in [2.24, 2.45) is 4.99 Å². The minimum Gasteiger partial charge on any atom is -0.355 e. The van der Waals surface area contributed by atoms with Crippen molar-refractivity contribution in [3.63, 3.8) is 0 Å². The number of hydrogen-bond acceptors (Lipinski definition) is 3. The number of benzene rings is 2. The first-order chi connectivity index (χ1) is 14.7. The Labute approximate surface area is 179 Å². The summed E-state index contributed by atoms with van der Waals surface area (Å²) in [5.41, 5.74) is 2.57. The lowest BCUT2D eigenvalue weighted by Gasteiger charge is -2.25. The van der Waals surface area contributed by atoms with E-state index in [4.69, 9.17) is 0 Å². The van der Waals surface area contributed by atoms with Crippen molar-refractivity contribution < 1.29 is 4.79 Å². The highest BCUT2D eigenvalue weighted by atomic mass is 16.1. The molecular formula is C24H33N5O. The van der Waals surface area contributed by atoms with Gasteiger partial charge in [0.05, 0.1) is 6.54 Å². The molecule has 1 fully saturated rings. The van der Waals surface area contributed by atoms with Crippen LogP contribution in [0.2, 0.25) is 0 Å². The Morgan fingerprint density at radius 3 is 2.40 bits per heavy atom. The van der Waals surface area contributed by atoms with E-state index in [2.05, 4.69) is 68.3 Å². The maximum Gasteiger partial charge on any atom is 0.239 e. The zero-order valence-corrected chi connectivity index (χ0v) is 17.8. The third-order valence-corrected chi connectivity index (χ3v) is 5.45. The number of carbonyl (C=O) groups excluding carboxylic acids is 1. The standard InChI is InChI=1S/C24H33N5O/c1-25-24(28-18-23(30)26-15-14-20-9-4-2-5-10-20)27-17-22-13-8-16-29(22)19-21-11-6-3-7-12-21/h2-7,9-12,22H,8,13-19H2,1H3,(H,26,30)(H2,25,27,28). The largest absolute Gasteiger partial charge is 0.355 e. The quantitative estimate of drug-likeness (QED) is 0.440. The number of guanidine groups is 1. The molecule has 1 aliphatic rings. The van der Waals surface area contributed by atoms with Gasteiger partial charge in [0.1, 0.15) is 0 Å². The Balaban J connectivity index is 1.35. The summed E-state index contributed by atoms with van der Waals surface area (Å²) in [6, 6.07) is 21.2. The molecule has 3 rings (SSSR count). The molecule has 6 heteroatoms. The molecule has 2 aromatic rings. The van der Waals surface area contributed by atoms with Crippen LogP contribution in [0.25, 0.3) is 0 Å². The van der Waals surface area contributed by atoms with Gasteiger partial charge in [-0.3, -0.25) is 14.7 Å². The Morgan fingerprint density at radius 1 is 1.00 bits per heavy atom. The number of hydrogen-bond donors (Lipinski definition) is 3. The first-order valence-electron chi connectivity index (χ1n) is 10.8. The van der Waals surface area contributed by atoms with Gasteiger partial charge in [0.2, 0.25) is 5.91 Å². The normalized spacial score (nSPS) is 17.0. The first-order valence-corrected chi connectivity index (χ1v) is 10.8. The van der Waals surface area contributed by atoms with Gasteiger partial charge in [-0.1, -0.05) is 60.7 Å². The number of likely N-dealkylation sites (tertiary alicyclic amines) is 1. The van der Waals surface area contributed by atoms with E-state index >= 15 is 0 Å². The molecule has 0 spiro atoms. The summed E-state index contributed by atoms with van der Waals surface area (Å²) in [7, 11) is 1.74. The summed E-state index contributed by atoms with van der Waals surface area (Å²) >= 11 is 0. The summed E-state index contributed by atoms with van der Waals surface area (Å²) in [4.78, 5) is 18.9. The summed E-state index contributed by atoms with van der Waals surface area (Å²) in [6.45, 7) is 3.77.